The highest BCUT2D eigenvalue weighted by Crippen LogP contribution is 2.23. The zero-order valence-corrected chi connectivity index (χ0v) is 14.0. The van der Waals surface area contributed by atoms with Crippen LogP contribution in [0.1, 0.15) is 31.4 Å². The molecule has 112 valence electrons. The summed E-state index contributed by atoms with van der Waals surface area (Å²) in [6, 6.07) is 5.30. The Labute approximate surface area is 127 Å². The quantitative estimate of drug-likeness (QED) is 0.819. The van der Waals surface area contributed by atoms with Gasteiger partial charge in [0.2, 0.25) is 10.0 Å². The van der Waals surface area contributed by atoms with Gasteiger partial charge in [-0.25, -0.2) is 8.42 Å². The molecule has 0 bridgehead atoms. The van der Waals surface area contributed by atoms with Crippen LogP contribution in [0.3, 0.4) is 0 Å². The van der Waals surface area contributed by atoms with Crippen LogP contribution in [-0.2, 0) is 10.0 Å². The van der Waals surface area contributed by atoms with Crippen molar-refractivity contribution in [1.29, 1.82) is 0 Å². The van der Waals surface area contributed by atoms with Crippen LogP contribution < -0.4 is 5.73 Å². The monoisotopic (exact) mass is 314 g/mol. The minimum Gasteiger partial charge on any atom is -0.393 e. The molecular weight excluding hydrogens is 292 g/mol. The smallest absolute Gasteiger partial charge is 0.243 e. The maximum absolute atomic E-state index is 12.8. The zero-order valence-electron chi connectivity index (χ0n) is 12.4. The highest BCUT2D eigenvalue weighted by atomic mass is 32.2. The van der Waals surface area contributed by atoms with Crippen molar-refractivity contribution in [2.24, 2.45) is 5.73 Å². The molecule has 0 aliphatic heterocycles. The van der Waals surface area contributed by atoms with Crippen LogP contribution in [0.2, 0.25) is 0 Å². The standard InChI is InChI=1S/C14H22N2O2S2/c1-10(2)16(8-7-14(15)19)20(17,18)13-9-11(3)5-6-12(13)4/h5-6,9-10H,7-8H2,1-4H3,(H2,15,19). The van der Waals surface area contributed by atoms with E-state index in [4.69, 9.17) is 18.0 Å². The lowest BCUT2D eigenvalue weighted by Crippen LogP contribution is -2.39. The molecule has 0 spiro atoms. The van der Waals surface area contributed by atoms with E-state index in [-0.39, 0.29) is 6.04 Å². The van der Waals surface area contributed by atoms with Gasteiger partial charge < -0.3 is 5.73 Å². The molecule has 1 aromatic carbocycles. The van der Waals surface area contributed by atoms with Crippen molar-refractivity contribution in [3.8, 4) is 0 Å². The molecular formula is C14H22N2O2S2. The highest BCUT2D eigenvalue weighted by Gasteiger charge is 2.28. The topological polar surface area (TPSA) is 63.4 Å². The summed E-state index contributed by atoms with van der Waals surface area (Å²) in [5, 5.41) is 0. The average molecular weight is 314 g/mol. The van der Waals surface area contributed by atoms with E-state index in [2.05, 4.69) is 0 Å². The van der Waals surface area contributed by atoms with Gasteiger partial charge in [0.1, 0.15) is 0 Å². The molecule has 0 aromatic heterocycles. The summed E-state index contributed by atoms with van der Waals surface area (Å²) < 4.78 is 27.1. The van der Waals surface area contributed by atoms with Gasteiger partial charge in [0.25, 0.3) is 0 Å². The second-order valence-corrected chi connectivity index (χ2v) is 7.58. The largest absolute Gasteiger partial charge is 0.393 e. The van der Waals surface area contributed by atoms with Gasteiger partial charge in [0.05, 0.1) is 9.88 Å². The molecule has 1 rings (SSSR count). The molecule has 0 atom stereocenters. The van der Waals surface area contributed by atoms with Crippen molar-refractivity contribution < 1.29 is 8.42 Å². The van der Waals surface area contributed by atoms with Crippen molar-refractivity contribution in [2.75, 3.05) is 6.54 Å². The molecule has 0 fully saturated rings. The van der Waals surface area contributed by atoms with Gasteiger partial charge >= 0.3 is 0 Å². The van der Waals surface area contributed by atoms with Gasteiger partial charge in [-0.1, -0.05) is 24.4 Å². The SMILES string of the molecule is Cc1ccc(C)c(S(=O)(=O)N(CCC(N)=S)C(C)C)c1. The van der Waals surface area contributed by atoms with E-state index in [1.165, 1.54) is 4.31 Å². The van der Waals surface area contributed by atoms with E-state index in [1.54, 1.807) is 13.0 Å². The molecule has 0 saturated carbocycles. The fraction of sp³-hybridized carbons (Fsp3) is 0.500. The maximum Gasteiger partial charge on any atom is 0.243 e. The Hall–Kier alpha value is -0.980. The maximum atomic E-state index is 12.8. The Morgan fingerprint density at radius 2 is 1.95 bits per heavy atom. The van der Waals surface area contributed by atoms with Crippen LogP contribution in [0.15, 0.2) is 23.1 Å². The summed E-state index contributed by atoms with van der Waals surface area (Å²) in [5.41, 5.74) is 7.16. The third-order valence-corrected chi connectivity index (χ3v) is 5.51. The number of rotatable bonds is 6. The van der Waals surface area contributed by atoms with Crippen molar-refractivity contribution in [1.82, 2.24) is 4.31 Å². The van der Waals surface area contributed by atoms with E-state index in [0.717, 1.165) is 11.1 Å². The van der Waals surface area contributed by atoms with Gasteiger partial charge in [-0.3, -0.25) is 0 Å². The fourth-order valence-corrected chi connectivity index (χ4v) is 4.03. The first-order valence-electron chi connectivity index (χ1n) is 6.53. The van der Waals surface area contributed by atoms with Crippen molar-refractivity contribution in [2.45, 2.75) is 45.1 Å². The van der Waals surface area contributed by atoms with Crippen LogP contribution in [0, 0.1) is 13.8 Å². The van der Waals surface area contributed by atoms with E-state index >= 15 is 0 Å². The van der Waals surface area contributed by atoms with Gasteiger partial charge in [-0.2, -0.15) is 4.31 Å². The van der Waals surface area contributed by atoms with E-state index in [0.29, 0.717) is 22.8 Å². The van der Waals surface area contributed by atoms with E-state index in [9.17, 15) is 8.42 Å². The predicted octanol–water partition coefficient (Wildman–Crippen LogP) is 2.38. The van der Waals surface area contributed by atoms with Crippen molar-refractivity contribution in [3.63, 3.8) is 0 Å². The summed E-state index contributed by atoms with van der Waals surface area (Å²) in [6.07, 6.45) is 0.387. The number of hydrogen-bond acceptors (Lipinski definition) is 3. The first-order valence-corrected chi connectivity index (χ1v) is 8.38. The molecule has 0 aliphatic carbocycles. The molecule has 0 aliphatic rings. The number of thiocarbonyl (C=S) groups is 1. The number of benzene rings is 1. The average Bonchev–Trinajstić information content (AvgIpc) is 2.31. The van der Waals surface area contributed by atoms with Crippen LogP contribution in [-0.4, -0.2) is 30.3 Å². The van der Waals surface area contributed by atoms with E-state index < -0.39 is 10.0 Å². The van der Waals surface area contributed by atoms with Crippen molar-refractivity contribution in [3.05, 3.63) is 29.3 Å². The second kappa shape index (κ2) is 6.65. The Morgan fingerprint density at radius 1 is 1.35 bits per heavy atom. The van der Waals surface area contributed by atoms with Crippen LogP contribution in [0.5, 0.6) is 0 Å². The number of nitrogens with zero attached hydrogens (tertiary/aromatic N) is 1. The third-order valence-electron chi connectivity index (χ3n) is 3.08. The zero-order chi connectivity index (χ0) is 15.5. The minimum absolute atomic E-state index is 0.144. The second-order valence-electron chi connectivity index (χ2n) is 5.19. The summed E-state index contributed by atoms with van der Waals surface area (Å²) in [6.45, 7) is 7.69. The highest BCUT2D eigenvalue weighted by molar-refractivity contribution is 7.89. The first-order chi connectivity index (χ1) is 9.16. The molecule has 20 heavy (non-hydrogen) atoms. The lowest BCUT2D eigenvalue weighted by Gasteiger charge is -2.26. The fourth-order valence-electron chi connectivity index (χ4n) is 1.99. The van der Waals surface area contributed by atoms with Crippen LogP contribution in [0.25, 0.3) is 0 Å². The number of hydrogen-bond donors (Lipinski definition) is 1. The van der Waals surface area contributed by atoms with Crippen LogP contribution in [0.4, 0.5) is 0 Å². The van der Waals surface area contributed by atoms with Gasteiger partial charge in [-0.15, -0.1) is 0 Å². The Bertz CT molecular complexity index is 595. The molecule has 2 N–H and O–H groups in total. The lowest BCUT2D eigenvalue weighted by atomic mass is 10.2. The predicted molar refractivity (Wildman–Crippen MR) is 86.3 cm³/mol. The number of aryl methyl sites for hydroxylation is 2. The molecule has 6 heteroatoms. The van der Waals surface area contributed by atoms with Gasteiger partial charge in [0, 0.05) is 19.0 Å². The third kappa shape index (κ3) is 4.01. The molecule has 0 saturated heterocycles. The summed E-state index contributed by atoms with van der Waals surface area (Å²) in [4.78, 5) is 0.681. The Morgan fingerprint density at radius 3 is 2.45 bits per heavy atom. The van der Waals surface area contributed by atoms with E-state index in [1.807, 2.05) is 32.9 Å². The Kier molecular flexibility index (Phi) is 5.68. The molecule has 0 amide bonds. The van der Waals surface area contributed by atoms with Gasteiger partial charge in [0.15, 0.2) is 0 Å². The molecule has 0 heterocycles. The number of nitrogens with two attached hydrogens (primary N) is 1. The molecule has 4 nitrogen and oxygen atoms in total. The Balaban J connectivity index is 3.22. The first kappa shape index (κ1) is 17.1. The van der Waals surface area contributed by atoms with Gasteiger partial charge in [-0.05, 0) is 44.9 Å². The van der Waals surface area contributed by atoms with Crippen LogP contribution >= 0.6 is 12.2 Å². The molecule has 0 unspecified atom stereocenters. The lowest BCUT2D eigenvalue weighted by molar-refractivity contribution is 0.362. The minimum atomic E-state index is -3.53. The summed E-state index contributed by atoms with van der Waals surface area (Å²) in [7, 11) is -3.53. The summed E-state index contributed by atoms with van der Waals surface area (Å²) >= 11 is 4.84. The molecule has 1 aromatic rings. The number of sulfonamides is 1. The molecule has 0 radical (unpaired) electrons. The normalized spacial score (nSPS) is 12.1. The van der Waals surface area contributed by atoms with Crippen molar-refractivity contribution >= 4 is 27.2 Å². The summed E-state index contributed by atoms with van der Waals surface area (Å²) in [5.74, 6) is 0.